The summed E-state index contributed by atoms with van der Waals surface area (Å²) in [5.41, 5.74) is -0.901. The van der Waals surface area contributed by atoms with E-state index in [1.54, 1.807) is 0 Å². The average Bonchev–Trinajstić information content (AvgIpc) is 2.68. The fourth-order valence-electron chi connectivity index (χ4n) is 4.02. The molecule has 0 saturated carbocycles. The average molecular weight is 451 g/mol. The van der Waals surface area contributed by atoms with Crippen molar-refractivity contribution in [2.75, 3.05) is 18.0 Å². The van der Waals surface area contributed by atoms with E-state index in [2.05, 4.69) is 10.3 Å². The highest BCUT2D eigenvalue weighted by molar-refractivity contribution is 5.94. The molecular formula is C21H21ClF2N4O3. The molecule has 0 amide bonds. The van der Waals surface area contributed by atoms with Gasteiger partial charge < -0.3 is 19.9 Å². The van der Waals surface area contributed by atoms with E-state index >= 15 is 4.39 Å². The van der Waals surface area contributed by atoms with Crippen molar-refractivity contribution in [3.05, 3.63) is 64.2 Å². The van der Waals surface area contributed by atoms with Crippen molar-refractivity contribution < 1.29 is 18.7 Å². The van der Waals surface area contributed by atoms with Crippen LogP contribution in [0.4, 0.5) is 14.5 Å². The van der Waals surface area contributed by atoms with Gasteiger partial charge in [0.25, 0.3) is 0 Å². The molecule has 0 spiro atoms. The van der Waals surface area contributed by atoms with Gasteiger partial charge in [0.05, 0.1) is 23.1 Å². The molecule has 2 unspecified atom stereocenters. The van der Waals surface area contributed by atoms with Crippen molar-refractivity contribution in [1.29, 1.82) is 0 Å². The van der Waals surface area contributed by atoms with Gasteiger partial charge in [-0.25, -0.2) is 13.6 Å². The zero-order valence-corrected chi connectivity index (χ0v) is 17.6. The minimum absolute atomic E-state index is 0. The van der Waals surface area contributed by atoms with E-state index in [1.807, 2.05) is 18.7 Å². The van der Waals surface area contributed by atoms with Crippen LogP contribution in [0.1, 0.15) is 24.2 Å². The summed E-state index contributed by atoms with van der Waals surface area (Å²) in [6.07, 6.45) is 3.41. The Morgan fingerprint density at radius 3 is 2.45 bits per heavy atom. The number of pyridine rings is 2. The molecule has 0 aliphatic carbocycles. The first-order chi connectivity index (χ1) is 14.3. The molecule has 2 aromatic heterocycles. The highest BCUT2D eigenvalue weighted by Gasteiger charge is 2.25. The number of fused-ring (bicyclic) bond motifs is 1. The third kappa shape index (κ3) is 4.11. The first-order valence-corrected chi connectivity index (χ1v) is 9.49. The van der Waals surface area contributed by atoms with Crippen molar-refractivity contribution in [2.24, 2.45) is 0 Å². The molecule has 2 N–H and O–H groups in total. The van der Waals surface area contributed by atoms with Crippen LogP contribution in [0, 0.1) is 11.6 Å². The lowest BCUT2D eigenvalue weighted by atomic mass is 10.1. The van der Waals surface area contributed by atoms with Gasteiger partial charge >= 0.3 is 5.97 Å². The van der Waals surface area contributed by atoms with E-state index in [-0.39, 0.29) is 46.8 Å². The van der Waals surface area contributed by atoms with Crippen LogP contribution < -0.4 is 15.6 Å². The lowest BCUT2D eigenvalue weighted by molar-refractivity contribution is 0.0695. The number of aromatic carboxylic acids is 1. The van der Waals surface area contributed by atoms with Crippen LogP contribution >= 0.6 is 12.4 Å². The zero-order chi connectivity index (χ0) is 21.6. The zero-order valence-electron chi connectivity index (χ0n) is 16.8. The molecule has 1 aliphatic rings. The van der Waals surface area contributed by atoms with Gasteiger partial charge in [0, 0.05) is 43.0 Å². The lowest BCUT2D eigenvalue weighted by Crippen LogP contribution is -2.54. The summed E-state index contributed by atoms with van der Waals surface area (Å²) in [7, 11) is 0. The normalized spacial score (nSPS) is 18.6. The predicted molar refractivity (Wildman–Crippen MR) is 116 cm³/mol. The van der Waals surface area contributed by atoms with Crippen LogP contribution in [-0.2, 0) is 0 Å². The van der Waals surface area contributed by atoms with Crippen LogP contribution in [-0.4, -0.2) is 45.8 Å². The monoisotopic (exact) mass is 450 g/mol. The third-order valence-corrected chi connectivity index (χ3v) is 5.21. The Balaban J connectivity index is 0.00000272. The van der Waals surface area contributed by atoms with Gasteiger partial charge in [-0.15, -0.1) is 12.4 Å². The second-order valence-electron chi connectivity index (χ2n) is 7.57. The molecule has 10 heteroatoms. The summed E-state index contributed by atoms with van der Waals surface area (Å²) in [5.74, 6) is -2.81. The van der Waals surface area contributed by atoms with Gasteiger partial charge in [0.15, 0.2) is 5.82 Å². The summed E-state index contributed by atoms with van der Waals surface area (Å²) in [5, 5.41) is 12.7. The molecule has 7 nitrogen and oxygen atoms in total. The van der Waals surface area contributed by atoms with Crippen LogP contribution in [0.3, 0.4) is 0 Å². The van der Waals surface area contributed by atoms with Crippen LogP contribution in [0.15, 0.2) is 41.6 Å². The molecule has 3 heterocycles. The van der Waals surface area contributed by atoms with Crippen molar-refractivity contribution in [1.82, 2.24) is 14.9 Å². The van der Waals surface area contributed by atoms with Crippen molar-refractivity contribution in [3.63, 3.8) is 0 Å². The number of carboxylic acid groups (broad SMARTS) is 1. The van der Waals surface area contributed by atoms with E-state index in [0.717, 1.165) is 18.5 Å². The molecule has 1 aliphatic heterocycles. The molecular weight excluding hydrogens is 430 g/mol. The van der Waals surface area contributed by atoms with Crippen molar-refractivity contribution in [3.8, 4) is 5.69 Å². The molecule has 0 bridgehead atoms. The maximum absolute atomic E-state index is 15.0. The lowest BCUT2D eigenvalue weighted by Gasteiger charge is -2.38. The van der Waals surface area contributed by atoms with Crippen LogP contribution in [0.25, 0.3) is 16.6 Å². The summed E-state index contributed by atoms with van der Waals surface area (Å²) in [6, 6.07) is 4.12. The number of nitrogens with one attached hydrogen (secondary N) is 1. The highest BCUT2D eigenvalue weighted by Crippen LogP contribution is 2.28. The van der Waals surface area contributed by atoms with E-state index in [4.69, 9.17) is 0 Å². The van der Waals surface area contributed by atoms with E-state index in [9.17, 15) is 19.1 Å². The third-order valence-electron chi connectivity index (χ3n) is 5.21. The Morgan fingerprint density at radius 1 is 1.16 bits per heavy atom. The molecule has 4 rings (SSSR count). The first-order valence-electron chi connectivity index (χ1n) is 9.49. The Labute approximate surface area is 182 Å². The molecule has 3 aromatic rings. The summed E-state index contributed by atoms with van der Waals surface area (Å²) >= 11 is 0. The number of aromatic nitrogens is 2. The SMILES string of the molecule is CC1CN(c2cc3c(cc2F)c(=O)c(C(=O)O)cn3-c2ccncc2F)CC(C)N1.Cl. The standard InChI is InChI=1S/C21H20F2N4O3.ClH/c1-11-8-26(9-12(2)25-11)19-6-18-13(5-15(19)22)20(28)14(21(29)30)10-27(18)17-3-4-24-7-16(17)23;/h3-7,10-12,25H,8-9H2,1-2H3,(H,29,30);1H. The Bertz CT molecular complexity index is 1210. The summed E-state index contributed by atoms with van der Waals surface area (Å²) in [6.45, 7) is 5.08. The molecule has 164 valence electrons. The Morgan fingerprint density at radius 2 is 1.84 bits per heavy atom. The van der Waals surface area contributed by atoms with Crippen LogP contribution in [0.5, 0.6) is 0 Å². The number of benzene rings is 1. The number of carbonyl (C=O) groups is 1. The second kappa shape index (κ2) is 8.60. The maximum atomic E-state index is 15.0. The fraction of sp³-hybridized carbons (Fsp3) is 0.286. The molecule has 1 aromatic carbocycles. The van der Waals surface area contributed by atoms with Gasteiger partial charge in [0.2, 0.25) is 5.43 Å². The van der Waals surface area contributed by atoms with Gasteiger partial charge in [-0.3, -0.25) is 9.78 Å². The number of nitrogens with zero attached hydrogens (tertiary/aromatic N) is 3. The van der Waals surface area contributed by atoms with Crippen molar-refractivity contribution in [2.45, 2.75) is 25.9 Å². The van der Waals surface area contributed by atoms with Crippen LogP contribution in [0.2, 0.25) is 0 Å². The number of anilines is 1. The summed E-state index contributed by atoms with van der Waals surface area (Å²) in [4.78, 5) is 29.8. The number of piperazine rings is 1. The maximum Gasteiger partial charge on any atom is 0.341 e. The first kappa shape index (κ1) is 22.6. The van der Waals surface area contributed by atoms with Crippen molar-refractivity contribution >= 4 is 35.0 Å². The van der Waals surface area contributed by atoms with Gasteiger partial charge in [0.1, 0.15) is 11.4 Å². The van der Waals surface area contributed by atoms with E-state index in [0.29, 0.717) is 13.1 Å². The molecule has 1 saturated heterocycles. The number of carboxylic acids is 1. The predicted octanol–water partition coefficient (Wildman–Crippen LogP) is 2.97. The highest BCUT2D eigenvalue weighted by atomic mass is 35.5. The molecule has 31 heavy (non-hydrogen) atoms. The quantitative estimate of drug-likeness (QED) is 0.638. The van der Waals surface area contributed by atoms with Gasteiger partial charge in [-0.05, 0) is 32.0 Å². The Kier molecular flexibility index (Phi) is 6.28. The fourth-order valence-corrected chi connectivity index (χ4v) is 4.02. The minimum Gasteiger partial charge on any atom is -0.477 e. The van der Waals surface area contributed by atoms with E-state index < -0.39 is 28.6 Å². The largest absolute Gasteiger partial charge is 0.477 e. The van der Waals surface area contributed by atoms with Gasteiger partial charge in [-0.1, -0.05) is 0 Å². The second-order valence-corrected chi connectivity index (χ2v) is 7.57. The minimum atomic E-state index is -1.47. The van der Waals surface area contributed by atoms with Gasteiger partial charge in [-0.2, -0.15) is 0 Å². The number of rotatable bonds is 3. The molecule has 1 fully saturated rings. The number of hydrogen-bond acceptors (Lipinski definition) is 5. The smallest absolute Gasteiger partial charge is 0.341 e. The number of halogens is 3. The summed E-state index contributed by atoms with van der Waals surface area (Å²) < 4.78 is 30.8. The molecule has 2 atom stereocenters. The molecule has 0 radical (unpaired) electrons. The Hall–Kier alpha value is -3.04. The number of hydrogen-bond donors (Lipinski definition) is 2. The topological polar surface area (TPSA) is 87.5 Å². The van der Waals surface area contributed by atoms with E-state index in [1.165, 1.54) is 22.9 Å².